The largest absolute Gasteiger partial charge is 0.489 e. The van der Waals surface area contributed by atoms with Crippen LogP contribution in [0.15, 0.2) is 77.4 Å². The van der Waals surface area contributed by atoms with Crippen LogP contribution in [-0.2, 0) is 6.61 Å². The van der Waals surface area contributed by atoms with Crippen LogP contribution in [0.4, 0.5) is 4.39 Å². The summed E-state index contributed by atoms with van der Waals surface area (Å²) in [6.45, 7) is 2.47. The Kier molecular flexibility index (Phi) is 4.47. The average molecular weight is 360 g/mol. The summed E-state index contributed by atoms with van der Waals surface area (Å²) in [5.74, 6) is 0.0542. The first-order chi connectivity index (χ1) is 13.1. The van der Waals surface area contributed by atoms with Crippen LogP contribution in [0.5, 0.6) is 5.75 Å². The summed E-state index contributed by atoms with van der Waals surface area (Å²) in [5.41, 5.74) is 3.68. The molecule has 27 heavy (non-hydrogen) atoms. The molecule has 0 bridgehead atoms. The molecule has 0 saturated carbocycles. The zero-order chi connectivity index (χ0) is 18.8. The number of furan rings is 1. The minimum atomic E-state index is -0.379. The normalized spacial score (nSPS) is 10.9. The Bertz CT molecular complexity index is 1110. The molecule has 0 aliphatic rings. The first-order valence-electron chi connectivity index (χ1n) is 8.60. The van der Waals surface area contributed by atoms with Crippen LogP contribution in [0.25, 0.3) is 11.0 Å². The summed E-state index contributed by atoms with van der Waals surface area (Å²) in [6, 6.07) is 19.0. The maximum absolute atomic E-state index is 13.1. The number of rotatable bonds is 5. The quantitative estimate of drug-likeness (QED) is 0.429. The highest BCUT2D eigenvalue weighted by Gasteiger charge is 2.16. The van der Waals surface area contributed by atoms with Crippen LogP contribution in [-0.4, -0.2) is 5.78 Å². The van der Waals surface area contributed by atoms with Crippen LogP contribution in [0.3, 0.4) is 0 Å². The lowest BCUT2D eigenvalue weighted by Crippen LogP contribution is -2.00. The number of ketones is 1. The topological polar surface area (TPSA) is 39.4 Å². The van der Waals surface area contributed by atoms with Crippen molar-refractivity contribution < 1.29 is 18.3 Å². The number of aryl methyl sites for hydroxylation is 1. The summed E-state index contributed by atoms with van der Waals surface area (Å²) in [6.07, 6.45) is 1.43. The summed E-state index contributed by atoms with van der Waals surface area (Å²) in [4.78, 5) is 12.7. The van der Waals surface area contributed by atoms with Crippen molar-refractivity contribution in [2.24, 2.45) is 0 Å². The van der Waals surface area contributed by atoms with Crippen molar-refractivity contribution >= 4 is 16.8 Å². The number of ether oxygens (including phenoxy) is 1. The van der Waals surface area contributed by atoms with Gasteiger partial charge in [0.15, 0.2) is 5.78 Å². The molecule has 0 aliphatic heterocycles. The van der Waals surface area contributed by atoms with E-state index in [2.05, 4.69) is 6.07 Å². The fourth-order valence-electron chi connectivity index (χ4n) is 3.00. The second kappa shape index (κ2) is 7.08. The number of hydrogen-bond donors (Lipinski definition) is 0. The summed E-state index contributed by atoms with van der Waals surface area (Å²) < 4.78 is 24.5. The molecule has 0 aliphatic carbocycles. The predicted molar refractivity (Wildman–Crippen MR) is 102 cm³/mol. The first kappa shape index (κ1) is 17.0. The predicted octanol–water partition coefficient (Wildman–Crippen LogP) is 5.69. The highest BCUT2D eigenvalue weighted by molar-refractivity contribution is 6.16. The maximum Gasteiger partial charge on any atom is 0.196 e. The Morgan fingerprint density at radius 1 is 1.04 bits per heavy atom. The molecule has 0 radical (unpaired) electrons. The summed E-state index contributed by atoms with van der Waals surface area (Å²) in [5, 5.41) is 0.672. The second-order valence-electron chi connectivity index (χ2n) is 6.42. The molecule has 0 atom stereocenters. The van der Waals surface area contributed by atoms with Gasteiger partial charge in [0.05, 0.1) is 5.56 Å². The van der Waals surface area contributed by atoms with Crippen LogP contribution in [0, 0.1) is 12.7 Å². The van der Waals surface area contributed by atoms with Gasteiger partial charge in [-0.3, -0.25) is 4.79 Å². The molecule has 1 heterocycles. The van der Waals surface area contributed by atoms with Crippen molar-refractivity contribution in [3.8, 4) is 5.75 Å². The monoisotopic (exact) mass is 360 g/mol. The van der Waals surface area contributed by atoms with Gasteiger partial charge in [-0.15, -0.1) is 0 Å². The molecule has 0 saturated heterocycles. The van der Waals surface area contributed by atoms with Gasteiger partial charge in [-0.2, -0.15) is 0 Å². The van der Waals surface area contributed by atoms with Crippen LogP contribution >= 0.6 is 0 Å². The molecule has 3 aromatic carbocycles. The smallest absolute Gasteiger partial charge is 0.196 e. The van der Waals surface area contributed by atoms with E-state index in [9.17, 15) is 9.18 Å². The van der Waals surface area contributed by atoms with E-state index in [1.54, 1.807) is 12.1 Å². The zero-order valence-corrected chi connectivity index (χ0v) is 14.7. The minimum Gasteiger partial charge on any atom is -0.489 e. The highest BCUT2D eigenvalue weighted by Crippen LogP contribution is 2.28. The van der Waals surface area contributed by atoms with Crippen molar-refractivity contribution in [2.45, 2.75) is 13.5 Å². The third-order valence-corrected chi connectivity index (χ3v) is 4.38. The fourth-order valence-corrected chi connectivity index (χ4v) is 3.00. The van der Waals surface area contributed by atoms with Gasteiger partial charge in [-0.1, -0.05) is 29.8 Å². The lowest BCUT2D eigenvalue weighted by Gasteiger charge is -2.07. The van der Waals surface area contributed by atoms with E-state index >= 15 is 0 Å². The van der Waals surface area contributed by atoms with E-state index in [1.165, 1.54) is 36.1 Å². The number of benzene rings is 3. The van der Waals surface area contributed by atoms with Crippen LogP contribution < -0.4 is 4.74 Å². The van der Waals surface area contributed by atoms with Crippen molar-refractivity contribution in [1.29, 1.82) is 0 Å². The van der Waals surface area contributed by atoms with Crippen molar-refractivity contribution in [2.75, 3.05) is 0 Å². The zero-order valence-electron chi connectivity index (χ0n) is 14.7. The van der Waals surface area contributed by atoms with E-state index in [0.29, 0.717) is 34.5 Å². The molecule has 1 aromatic heterocycles. The molecule has 4 rings (SSSR count). The molecule has 0 amide bonds. The van der Waals surface area contributed by atoms with Crippen LogP contribution in [0.2, 0.25) is 0 Å². The SMILES string of the molecule is Cc1cccc(COc2ccc3occ(C(=O)c4ccc(F)cc4)c3c2)c1. The summed E-state index contributed by atoms with van der Waals surface area (Å²) in [7, 11) is 0. The molecule has 4 aromatic rings. The Morgan fingerprint density at radius 2 is 1.85 bits per heavy atom. The molecule has 3 nitrogen and oxygen atoms in total. The second-order valence-corrected chi connectivity index (χ2v) is 6.42. The molecule has 134 valence electrons. The average Bonchev–Trinajstić information content (AvgIpc) is 3.10. The first-order valence-corrected chi connectivity index (χ1v) is 8.60. The number of hydrogen-bond acceptors (Lipinski definition) is 3. The van der Waals surface area contributed by atoms with Crippen molar-refractivity contribution in [3.63, 3.8) is 0 Å². The van der Waals surface area contributed by atoms with Crippen molar-refractivity contribution in [1.82, 2.24) is 0 Å². The molecule has 0 spiro atoms. The highest BCUT2D eigenvalue weighted by atomic mass is 19.1. The van der Waals surface area contributed by atoms with E-state index < -0.39 is 0 Å². The molecular weight excluding hydrogens is 343 g/mol. The van der Waals surface area contributed by atoms with Gasteiger partial charge in [0, 0.05) is 10.9 Å². The number of carbonyl (C=O) groups excluding carboxylic acids is 1. The van der Waals surface area contributed by atoms with Crippen molar-refractivity contribution in [3.05, 3.63) is 101 Å². The minimum absolute atomic E-state index is 0.218. The third kappa shape index (κ3) is 3.60. The fraction of sp³-hybridized carbons (Fsp3) is 0.0870. The number of fused-ring (bicyclic) bond motifs is 1. The van der Waals surface area contributed by atoms with Gasteiger partial charge in [-0.05, 0) is 55.0 Å². The van der Waals surface area contributed by atoms with Gasteiger partial charge in [-0.25, -0.2) is 4.39 Å². The van der Waals surface area contributed by atoms with E-state index in [4.69, 9.17) is 9.15 Å². The number of halogens is 1. The van der Waals surface area contributed by atoms with Crippen LogP contribution in [0.1, 0.15) is 27.0 Å². The molecular formula is C23H17FO3. The van der Waals surface area contributed by atoms with Gasteiger partial charge in [0.25, 0.3) is 0 Å². The molecule has 0 fully saturated rings. The number of carbonyl (C=O) groups is 1. The van der Waals surface area contributed by atoms with E-state index in [1.807, 2.05) is 31.2 Å². The van der Waals surface area contributed by atoms with E-state index in [-0.39, 0.29) is 11.6 Å². The Morgan fingerprint density at radius 3 is 2.63 bits per heavy atom. The lowest BCUT2D eigenvalue weighted by atomic mass is 10.0. The van der Waals surface area contributed by atoms with Gasteiger partial charge < -0.3 is 9.15 Å². The van der Waals surface area contributed by atoms with Gasteiger partial charge in [0.1, 0.15) is 30.0 Å². The molecule has 0 unspecified atom stereocenters. The van der Waals surface area contributed by atoms with Gasteiger partial charge >= 0.3 is 0 Å². The molecule has 4 heteroatoms. The maximum atomic E-state index is 13.1. The lowest BCUT2D eigenvalue weighted by molar-refractivity contribution is 0.103. The van der Waals surface area contributed by atoms with E-state index in [0.717, 1.165) is 5.56 Å². The summed E-state index contributed by atoms with van der Waals surface area (Å²) >= 11 is 0. The Hall–Kier alpha value is -3.40. The third-order valence-electron chi connectivity index (χ3n) is 4.38. The molecule has 0 N–H and O–H groups in total. The Labute approximate surface area is 156 Å². The van der Waals surface area contributed by atoms with Gasteiger partial charge in [0.2, 0.25) is 0 Å². The standard InChI is InChI=1S/C23H17FO3/c1-15-3-2-4-16(11-15)13-26-19-9-10-22-20(12-19)21(14-27-22)23(25)17-5-7-18(24)8-6-17/h2-12,14H,13H2,1H3. The Balaban J connectivity index is 1.61.